The normalized spacial score (nSPS) is 17.6. The van der Waals surface area contributed by atoms with Crippen LogP contribution in [0, 0.1) is 11.8 Å². The molecule has 0 aromatic rings. The van der Waals surface area contributed by atoms with Gasteiger partial charge in [0.1, 0.15) is 5.76 Å². The first-order valence-corrected chi connectivity index (χ1v) is 12.9. The second kappa shape index (κ2) is 17.0. The summed E-state index contributed by atoms with van der Waals surface area (Å²) >= 11 is 1.74. The van der Waals surface area contributed by atoms with Gasteiger partial charge in [0.15, 0.2) is 0 Å². The molecule has 0 aliphatic rings. The van der Waals surface area contributed by atoms with Crippen LogP contribution in [-0.4, -0.2) is 56.3 Å². The van der Waals surface area contributed by atoms with Crippen LogP contribution in [0.4, 0.5) is 0 Å². The molecular formula is C25H51N3O2S. The number of nitrogens with one attached hydrogen (secondary N) is 1. The summed E-state index contributed by atoms with van der Waals surface area (Å²) in [5.41, 5.74) is 5.69. The molecule has 0 fully saturated rings. The van der Waals surface area contributed by atoms with E-state index in [0.717, 1.165) is 23.5 Å². The molecule has 0 saturated heterocycles. The molecule has 0 aromatic heterocycles. The van der Waals surface area contributed by atoms with Crippen molar-refractivity contribution in [3.05, 3.63) is 23.3 Å². The van der Waals surface area contributed by atoms with Gasteiger partial charge in [-0.05, 0) is 38.5 Å². The Hall–Kier alpha value is -0.530. The third-order valence-electron chi connectivity index (χ3n) is 5.51. The largest absolute Gasteiger partial charge is 0.409 e. The summed E-state index contributed by atoms with van der Waals surface area (Å²) < 4.78 is 5.80. The third kappa shape index (κ3) is 14.3. The molecule has 0 aliphatic heterocycles. The molecule has 0 heterocycles. The van der Waals surface area contributed by atoms with E-state index >= 15 is 0 Å². The molecule has 0 spiro atoms. The Morgan fingerprint density at radius 1 is 1.19 bits per heavy atom. The topological polar surface area (TPSA) is 59.8 Å². The van der Waals surface area contributed by atoms with Gasteiger partial charge in [0, 0.05) is 31.4 Å². The average Bonchev–Trinajstić information content (AvgIpc) is 2.70. The molecule has 4 atom stereocenters. The molecule has 184 valence electrons. The van der Waals surface area contributed by atoms with Crippen molar-refractivity contribution < 1.29 is 9.57 Å². The van der Waals surface area contributed by atoms with Crippen LogP contribution in [0.25, 0.3) is 0 Å². The van der Waals surface area contributed by atoms with Crippen molar-refractivity contribution >= 4 is 11.8 Å². The van der Waals surface area contributed by atoms with Crippen molar-refractivity contribution in [3.63, 3.8) is 0 Å². The van der Waals surface area contributed by atoms with Crippen LogP contribution in [0.5, 0.6) is 0 Å². The second-order valence-corrected chi connectivity index (χ2v) is 10.9. The molecule has 31 heavy (non-hydrogen) atoms. The zero-order valence-corrected chi connectivity index (χ0v) is 22.4. The van der Waals surface area contributed by atoms with E-state index in [4.69, 9.17) is 15.3 Å². The van der Waals surface area contributed by atoms with Crippen LogP contribution in [0.1, 0.15) is 73.6 Å². The lowest BCUT2D eigenvalue weighted by molar-refractivity contribution is -0.0780. The fraction of sp³-hybridized carbons (Fsp3) is 0.840. The molecule has 0 bridgehead atoms. The summed E-state index contributed by atoms with van der Waals surface area (Å²) in [6, 6.07) is 0. The Morgan fingerprint density at radius 3 is 2.35 bits per heavy atom. The van der Waals surface area contributed by atoms with Gasteiger partial charge in [-0.2, -0.15) is 5.06 Å². The number of hydroxylamine groups is 2. The van der Waals surface area contributed by atoms with E-state index in [1.54, 1.807) is 16.8 Å². The van der Waals surface area contributed by atoms with E-state index in [-0.39, 0.29) is 10.8 Å². The molecule has 3 N–H and O–H groups in total. The van der Waals surface area contributed by atoms with Crippen molar-refractivity contribution in [2.75, 3.05) is 40.4 Å². The van der Waals surface area contributed by atoms with Gasteiger partial charge >= 0.3 is 0 Å². The first-order chi connectivity index (χ1) is 14.6. The molecule has 6 heteroatoms. The zero-order valence-electron chi connectivity index (χ0n) is 21.6. The Balaban J connectivity index is 5.70. The molecular weight excluding hydrogens is 406 g/mol. The molecule has 0 amide bonds. The van der Waals surface area contributed by atoms with Crippen LogP contribution < -0.4 is 11.1 Å². The summed E-state index contributed by atoms with van der Waals surface area (Å²) in [5, 5.41) is 5.92. The number of hydrogen-bond donors (Lipinski definition) is 2. The number of nitrogens with two attached hydrogens (primary N) is 1. The van der Waals surface area contributed by atoms with Crippen LogP contribution in [-0.2, 0) is 9.57 Å². The lowest BCUT2D eigenvalue weighted by atomic mass is 9.80. The van der Waals surface area contributed by atoms with Crippen molar-refractivity contribution in [1.82, 2.24) is 10.4 Å². The quantitative estimate of drug-likeness (QED) is 0.114. The minimum absolute atomic E-state index is 0.0584. The van der Waals surface area contributed by atoms with Gasteiger partial charge in [0.05, 0.1) is 24.7 Å². The van der Waals surface area contributed by atoms with Gasteiger partial charge < -0.3 is 20.6 Å². The van der Waals surface area contributed by atoms with Crippen LogP contribution in [0.3, 0.4) is 0 Å². The Morgan fingerprint density at radius 2 is 1.84 bits per heavy atom. The minimum atomic E-state index is 0.0584. The summed E-state index contributed by atoms with van der Waals surface area (Å²) in [7, 11) is 3.84. The maximum atomic E-state index is 6.15. The Kier molecular flexibility index (Phi) is 16.7. The Labute approximate surface area is 197 Å². The standard InChI is InChI=1S/C25H51N3O2S/c1-10-13-21(5)17-25(7,16-20(4)11-2)27-18-23(30-28(8)9)24(19-29-15-14-26)31-22(6)12-3/h12,20-22,27H,3,10-11,13-19,26H2,1-2,4-9H3/b24-23+. The summed E-state index contributed by atoms with van der Waals surface area (Å²) in [6.07, 6.45) is 7.96. The predicted octanol–water partition coefficient (Wildman–Crippen LogP) is 5.59. The highest BCUT2D eigenvalue weighted by molar-refractivity contribution is 8.03. The zero-order chi connectivity index (χ0) is 23.9. The van der Waals surface area contributed by atoms with Crippen molar-refractivity contribution in [1.29, 1.82) is 0 Å². The highest BCUT2D eigenvalue weighted by Crippen LogP contribution is 2.30. The van der Waals surface area contributed by atoms with Crippen molar-refractivity contribution in [2.45, 2.75) is 84.4 Å². The smallest absolute Gasteiger partial charge is 0.150 e. The van der Waals surface area contributed by atoms with Gasteiger partial charge in [-0.15, -0.1) is 18.3 Å². The summed E-state index contributed by atoms with van der Waals surface area (Å²) in [4.78, 5) is 7.24. The highest BCUT2D eigenvalue weighted by atomic mass is 32.2. The minimum Gasteiger partial charge on any atom is -0.409 e. The maximum Gasteiger partial charge on any atom is 0.150 e. The number of nitrogens with zero attached hydrogens (tertiary/aromatic N) is 1. The monoisotopic (exact) mass is 457 g/mol. The molecule has 5 nitrogen and oxygen atoms in total. The molecule has 4 unspecified atom stereocenters. The molecule has 0 aliphatic carbocycles. The van der Waals surface area contributed by atoms with Gasteiger partial charge in [-0.3, -0.25) is 0 Å². The molecule has 0 saturated carbocycles. The van der Waals surface area contributed by atoms with Gasteiger partial charge in [-0.1, -0.05) is 53.0 Å². The third-order valence-corrected chi connectivity index (χ3v) is 6.71. The average molecular weight is 458 g/mol. The summed E-state index contributed by atoms with van der Waals surface area (Å²) in [6.45, 7) is 20.0. The van der Waals surface area contributed by atoms with E-state index in [0.29, 0.717) is 38.1 Å². The van der Waals surface area contributed by atoms with Crippen molar-refractivity contribution in [2.24, 2.45) is 17.6 Å². The summed E-state index contributed by atoms with van der Waals surface area (Å²) in [5.74, 6) is 2.28. The molecule has 0 radical (unpaired) electrons. The number of thioether (sulfide) groups is 1. The van der Waals surface area contributed by atoms with Gasteiger partial charge in [-0.25, -0.2) is 0 Å². The molecule has 0 rings (SSSR count). The van der Waals surface area contributed by atoms with E-state index in [1.807, 2.05) is 20.2 Å². The lowest BCUT2D eigenvalue weighted by Gasteiger charge is -2.36. The predicted molar refractivity (Wildman–Crippen MR) is 138 cm³/mol. The van der Waals surface area contributed by atoms with E-state index < -0.39 is 0 Å². The van der Waals surface area contributed by atoms with Crippen LogP contribution >= 0.6 is 11.8 Å². The Bertz CT molecular complexity index is 513. The van der Waals surface area contributed by atoms with Crippen LogP contribution in [0.2, 0.25) is 0 Å². The lowest BCUT2D eigenvalue weighted by Crippen LogP contribution is -2.46. The van der Waals surface area contributed by atoms with Crippen molar-refractivity contribution in [3.8, 4) is 0 Å². The number of hydrogen-bond acceptors (Lipinski definition) is 6. The fourth-order valence-electron chi connectivity index (χ4n) is 3.90. The van der Waals surface area contributed by atoms with E-state index in [1.165, 1.54) is 19.3 Å². The van der Waals surface area contributed by atoms with Gasteiger partial charge in [0.25, 0.3) is 0 Å². The SMILES string of the molecule is C=CC(C)S/C(COCCN)=C(\CNC(C)(CC(C)CC)CC(C)CCC)ON(C)C. The second-order valence-electron chi connectivity index (χ2n) is 9.38. The van der Waals surface area contributed by atoms with Crippen LogP contribution in [0.15, 0.2) is 23.3 Å². The van der Waals surface area contributed by atoms with E-state index in [2.05, 4.69) is 53.4 Å². The van der Waals surface area contributed by atoms with Gasteiger partial charge in [0.2, 0.25) is 0 Å². The first kappa shape index (κ1) is 30.5. The maximum absolute atomic E-state index is 6.15. The first-order valence-electron chi connectivity index (χ1n) is 12.0. The molecule has 0 aromatic carbocycles. The van der Waals surface area contributed by atoms with E-state index in [9.17, 15) is 0 Å². The fourth-order valence-corrected chi connectivity index (χ4v) is 4.84. The number of rotatable bonds is 19. The highest BCUT2D eigenvalue weighted by Gasteiger charge is 2.29. The number of ether oxygens (including phenoxy) is 1.